The molecule has 2 atom stereocenters. The summed E-state index contributed by atoms with van der Waals surface area (Å²) in [4.78, 5) is 49.0. The van der Waals surface area contributed by atoms with Gasteiger partial charge in [0.05, 0.1) is 5.92 Å². The molecular formula is C14H23N3O4. The van der Waals surface area contributed by atoms with Crippen LogP contribution in [0, 0.1) is 5.92 Å². The van der Waals surface area contributed by atoms with Gasteiger partial charge in [0.2, 0.25) is 17.6 Å². The SMILES string of the molecule is CNC(=O)[C@@H]1CCCN(C(=O)C(C)=O)[C@@H]1C(=O)NC(C)C. The van der Waals surface area contributed by atoms with Gasteiger partial charge in [-0.05, 0) is 26.7 Å². The molecule has 1 saturated heterocycles. The zero-order valence-corrected chi connectivity index (χ0v) is 12.9. The number of carbonyl (C=O) groups excluding carboxylic acids is 4. The van der Waals surface area contributed by atoms with E-state index in [0.717, 1.165) is 0 Å². The highest BCUT2D eigenvalue weighted by atomic mass is 16.2. The average molecular weight is 297 g/mol. The number of Topliss-reactive ketones (excluding diaryl/α,β-unsaturated/α-hetero) is 1. The molecule has 0 radical (unpaired) electrons. The minimum Gasteiger partial charge on any atom is -0.359 e. The first-order chi connectivity index (χ1) is 9.79. The van der Waals surface area contributed by atoms with Crippen molar-refractivity contribution in [2.24, 2.45) is 5.92 Å². The van der Waals surface area contributed by atoms with Crippen molar-refractivity contribution in [1.82, 2.24) is 15.5 Å². The Morgan fingerprint density at radius 1 is 1.14 bits per heavy atom. The third-order valence-electron chi connectivity index (χ3n) is 3.48. The van der Waals surface area contributed by atoms with Crippen molar-refractivity contribution in [1.29, 1.82) is 0 Å². The predicted molar refractivity (Wildman–Crippen MR) is 76.3 cm³/mol. The Morgan fingerprint density at radius 2 is 1.76 bits per heavy atom. The van der Waals surface area contributed by atoms with Crippen LogP contribution in [0.4, 0.5) is 0 Å². The number of ketones is 1. The number of piperidine rings is 1. The van der Waals surface area contributed by atoms with Gasteiger partial charge in [-0.1, -0.05) is 0 Å². The largest absolute Gasteiger partial charge is 0.359 e. The van der Waals surface area contributed by atoms with Crippen LogP contribution >= 0.6 is 0 Å². The van der Waals surface area contributed by atoms with Crippen LogP contribution in [0.3, 0.4) is 0 Å². The third kappa shape index (κ3) is 4.03. The maximum atomic E-state index is 12.4. The van der Waals surface area contributed by atoms with Gasteiger partial charge in [0.25, 0.3) is 5.91 Å². The lowest BCUT2D eigenvalue weighted by molar-refractivity contribution is -0.153. The zero-order chi connectivity index (χ0) is 16.2. The maximum Gasteiger partial charge on any atom is 0.290 e. The van der Waals surface area contributed by atoms with Crippen molar-refractivity contribution < 1.29 is 19.2 Å². The molecule has 7 heteroatoms. The van der Waals surface area contributed by atoms with Gasteiger partial charge in [0, 0.05) is 26.6 Å². The molecule has 1 rings (SSSR count). The van der Waals surface area contributed by atoms with Crippen molar-refractivity contribution in [3.05, 3.63) is 0 Å². The first-order valence-electron chi connectivity index (χ1n) is 7.13. The predicted octanol–water partition coefficient (Wildman–Crippen LogP) is -0.547. The quantitative estimate of drug-likeness (QED) is 0.681. The first-order valence-corrected chi connectivity index (χ1v) is 7.13. The van der Waals surface area contributed by atoms with Gasteiger partial charge in [-0.15, -0.1) is 0 Å². The number of rotatable bonds is 4. The molecule has 3 amide bonds. The number of hydrogen-bond acceptors (Lipinski definition) is 4. The molecule has 0 unspecified atom stereocenters. The fourth-order valence-electron chi connectivity index (χ4n) is 2.58. The number of nitrogens with zero attached hydrogens (tertiary/aromatic N) is 1. The number of likely N-dealkylation sites (tertiary alicyclic amines) is 1. The Bertz CT molecular complexity index is 448. The molecule has 1 aliphatic rings. The van der Waals surface area contributed by atoms with E-state index in [2.05, 4.69) is 10.6 Å². The van der Waals surface area contributed by atoms with Crippen LogP contribution in [0.5, 0.6) is 0 Å². The Labute approximate surface area is 124 Å². The van der Waals surface area contributed by atoms with E-state index in [1.165, 1.54) is 18.9 Å². The standard InChI is InChI=1S/C14H23N3O4/c1-8(2)16-13(20)11-10(12(19)15-4)6-5-7-17(11)14(21)9(3)18/h8,10-11H,5-7H2,1-4H3,(H,15,19)(H,16,20)/t10-,11+/m1/s1. The molecule has 1 fully saturated rings. The van der Waals surface area contributed by atoms with Crippen molar-refractivity contribution in [2.75, 3.05) is 13.6 Å². The molecule has 0 spiro atoms. The molecule has 0 bridgehead atoms. The van der Waals surface area contributed by atoms with Gasteiger partial charge in [0.1, 0.15) is 6.04 Å². The molecule has 0 aromatic carbocycles. The van der Waals surface area contributed by atoms with Crippen LogP contribution in [-0.2, 0) is 19.2 Å². The molecule has 2 N–H and O–H groups in total. The summed E-state index contributed by atoms with van der Waals surface area (Å²) in [6.07, 6.45) is 1.10. The number of hydrogen-bond donors (Lipinski definition) is 2. The van der Waals surface area contributed by atoms with E-state index >= 15 is 0 Å². The summed E-state index contributed by atoms with van der Waals surface area (Å²) in [5.41, 5.74) is 0. The smallest absolute Gasteiger partial charge is 0.290 e. The Balaban J connectivity index is 3.10. The van der Waals surface area contributed by atoms with E-state index in [-0.39, 0.29) is 11.9 Å². The Hall–Kier alpha value is -1.92. The molecule has 0 aromatic rings. The van der Waals surface area contributed by atoms with Crippen LogP contribution in [0.15, 0.2) is 0 Å². The summed E-state index contributed by atoms with van der Waals surface area (Å²) in [6.45, 7) is 5.07. The van der Waals surface area contributed by atoms with E-state index in [0.29, 0.717) is 19.4 Å². The third-order valence-corrected chi connectivity index (χ3v) is 3.48. The van der Waals surface area contributed by atoms with Gasteiger partial charge >= 0.3 is 0 Å². The number of carbonyl (C=O) groups is 4. The fourth-order valence-corrected chi connectivity index (χ4v) is 2.58. The fraction of sp³-hybridized carbons (Fsp3) is 0.714. The summed E-state index contributed by atoms with van der Waals surface area (Å²) in [7, 11) is 1.49. The molecular weight excluding hydrogens is 274 g/mol. The summed E-state index contributed by atoms with van der Waals surface area (Å²) >= 11 is 0. The molecule has 7 nitrogen and oxygen atoms in total. The van der Waals surface area contributed by atoms with E-state index in [4.69, 9.17) is 0 Å². The van der Waals surface area contributed by atoms with Crippen molar-refractivity contribution in [3.8, 4) is 0 Å². The second kappa shape index (κ2) is 7.19. The van der Waals surface area contributed by atoms with Gasteiger partial charge in [-0.3, -0.25) is 19.2 Å². The summed E-state index contributed by atoms with van der Waals surface area (Å²) in [5.74, 6) is -2.67. The molecule has 0 saturated carbocycles. The van der Waals surface area contributed by atoms with Crippen molar-refractivity contribution in [2.45, 2.75) is 45.7 Å². The highest BCUT2D eigenvalue weighted by Crippen LogP contribution is 2.25. The minimum absolute atomic E-state index is 0.112. The Kier molecular flexibility index (Phi) is 5.87. The van der Waals surface area contributed by atoms with Gasteiger partial charge in [-0.25, -0.2) is 0 Å². The summed E-state index contributed by atoms with van der Waals surface area (Å²) < 4.78 is 0. The second-order valence-electron chi connectivity index (χ2n) is 5.53. The lowest BCUT2D eigenvalue weighted by Gasteiger charge is -2.39. The number of amides is 3. The summed E-state index contributed by atoms with van der Waals surface area (Å²) in [6, 6.07) is -1.04. The normalized spacial score (nSPS) is 21.9. The lowest BCUT2D eigenvalue weighted by atomic mass is 9.87. The van der Waals surface area contributed by atoms with E-state index < -0.39 is 29.6 Å². The molecule has 1 aliphatic heterocycles. The molecule has 118 valence electrons. The maximum absolute atomic E-state index is 12.4. The zero-order valence-electron chi connectivity index (χ0n) is 12.9. The van der Waals surface area contributed by atoms with Crippen LogP contribution in [0.1, 0.15) is 33.6 Å². The second-order valence-corrected chi connectivity index (χ2v) is 5.53. The molecule has 0 aromatic heterocycles. The van der Waals surface area contributed by atoms with E-state index in [1.807, 2.05) is 0 Å². The van der Waals surface area contributed by atoms with E-state index in [1.54, 1.807) is 13.8 Å². The summed E-state index contributed by atoms with van der Waals surface area (Å²) in [5, 5.41) is 5.24. The monoisotopic (exact) mass is 297 g/mol. The first kappa shape index (κ1) is 17.1. The van der Waals surface area contributed by atoms with Crippen molar-refractivity contribution >= 4 is 23.5 Å². The van der Waals surface area contributed by atoms with Crippen LogP contribution in [0.2, 0.25) is 0 Å². The van der Waals surface area contributed by atoms with Gasteiger partial charge < -0.3 is 15.5 Å². The van der Waals surface area contributed by atoms with Gasteiger partial charge in [0.15, 0.2) is 0 Å². The molecule has 0 aliphatic carbocycles. The highest BCUT2D eigenvalue weighted by Gasteiger charge is 2.43. The van der Waals surface area contributed by atoms with Gasteiger partial charge in [-0.2, -0.15) is 0 Å². The van der Waals surface area contributed by atoms with Crippen molar-refractivity contribution in [3.63, 3.8) is 0 Å². The molecule has 21 heavy (non-hydrogen) atoms. The Morgan fingerprint density at radius 3 is 2.24 bits per heavy atom. The lowest BCUT2D eigenvalue weighted by Crippen LogP contribution is -2.60. The topological polar surface area (TPSA) is 95.6 Å². The van der Waals surface area contributed by atoms with Crippen LogP contribution in [-0.4, -0.2) is 54.1 Å². The van der Waals surface area contributed by atoms with Crippen LogP contribution < -0.4 is 10.6 Å². The minimum atomic E-state index is -0.933. The number of nitrogens with one attached hydrogen (secondary N) is 2. The van der Waals surface area contributed by atoms with Crippen LogP contribution in [0.25, 0.3) is 0 Å². The average Bonchev–Trinajstić information content (AvgIpc) is 2.43. The highest BCUT2D eigenvalue weighted by molar-refractivity contribution is 6.35. The molecule has 1 heterocycles. The van der Waals surface area contributed by atoms with E-state index in [9.17, 15) is 19.2 Å².